The van der Waals surface area contributed by atoms with Gasteiger partial charge in [0.2, 0.25) is 0 Å². The van der Waals surface area contributed by atoms with Gasteiger partial charge < -0.3 is 38.6 Å². The van der Waals surface area contributed by atoms with Crippen molar-refractivity contribution in [2.45, 2.75) is 12.4 Å². The lowest BCUT2D eigenvalue weighted by atomic mass is 9.97. The third kappa shape index (κ3) is 7.62. The minimum atomic E-state index is -0.685. The van der Waals surface area contributed by atoms with Gasteiger partial charge in [-0.2, -0.15) is 0 Å². The first kappa shape index (κ1) is 29.0. The Kier molecular flexibility index (Phi) is 9.84. The molecule has 10 heteroatoms. The fourth-order valence-electron chi connectivity index (χ4n) is 4.22. The van der Waals surface area contributed by atoms with Gasteiger partial charge in [-0.3, -0.25) is 4.79 Å². The molecule has 4 aromatic rings. The summed E-state index contributed by atoms with van der Waals surface area (Å²) in [5, 5.41) is 19.8. The lowest BCUT2D eigenvalue weighted by molar-refractivity contribution is 0.00702. The molecule has 9 nitrogen and oxygen atoms in total. The lowest BCUT2D eigenvalue weighted by Crippen LogP contribution is -2.14. The van der Waals surface area contributed by atoms with Crippen molar-refractivity contribution < 1.29 is 43.4 Å². The maximum Gasteiger partial charge on any atom is 0.195 e. The number of aliphatic hydroxyl groups excluding tert-OH is 1. The molecule has 216 valence electrons. The van der Waals surface area contributed by atoms with Gasteiger partial charge in [0.15, 0.2) is 12.1 Å². The van der Waals surface area contributed by atoms with Crippen molar-refractivity contribution in [2.75, 3.05) is 53.4 Å². The van der Waals surface area contributed by atoms with E-state index in [1.54, 1.807) is 49.6 Å². The number of hydrogen-bond acceptors (Lipinski definition) is 10. The van der Waals surface area contributed by atoms with Gasteiger partial charge in [-0.25, -0.2) is 0 Å². The number of phenolic OH excluding ortho intramolecular Hbond substituents is 1. The number of carbonyl (C=O) groups excluding carboxylic acids is 1. The van der Waals surface area contributed by atoms with Crippen molar-refractivity contribution in [1.82, 2.24) is 0 Å². The average molecular weight is 581 g/mol. The van der Waals surface area contributed by atoms with Crippen molar-refractivity contribution in [3.05, 3.63) is 77.9 Å². The molecule has 0 saturated carbocycles. The van der Waals surface area contributed by atoms with E-state index in [0.717, 1.165) is 26.3 Å². The number of hydrogen-bond donors (Lipinski definition) is 2. The topological polar surface area (TPSA) is 116 Å². The van der Waals surface area contributed by atoms with E-state index in [2.05, 4.69) is 0 Å². The molecule has 2 atom stereocenters. The van der Waals surface area contributed by atoms with E-state index in [-0.39, 0.29) is 17.6 Å². The summed E-state index contributed by atoms with van der Waals surface area (Å²) in [6.07, 6.45) is -0.889. The minimum Gasteiger partial charge on any atom is -0.508 e. The predicted molar refractivity (Wildman–Crippen MR) is 154 cm³/mol. The Morgan fingerprint density at radius 3 is 2.15 bits per heavy atom. The first-order valence-electron chi connectivity index (χ1n) is 13.3. The molecule has 1 aromatic heterocycles. The molecule has 0 bridgehead atoms. The highest BCUT2D eigenvalue weighted by Crippen LogP contribution is 2.41. The molecule has 41 heavy (non-hydrogen) atoms. The Labute approximate surface area is 241 Å². The number of rotatable bonds is 16. The van der Waals surface area contributed by atoms with Crippen LogP contribution >= 0.6 is 11.3 Å². The number of ether oxygens (including phenoxy) is 6. The van der Waals surface area contributed by atoms with E-state index in [1.807, 2.05) is 24.3 Å². The van der Waals surface area contributed by atoms with Crippen LogP contribution in [0.15, 0.2) is 66.7 Å². The summed E-state index contributed by atoms with van der Waals surface area (Å²) < 4.78 is 33.0. The van der Waals surface area contributed by atoms with Gasteiger partial charge in [0.05, 0.1) is 46.8 Å². The summed E-state index contributed by atoms with van der Waals surface area (Å²) in [5.74, 6) is 1.42. The second-order valence-corrected chi connectivity index (χ2v) is 10.3. The molecule has 2 N–H and O–H groups in total. The number of methoxy groups -OCH3 is 1. The van der Waals surface area contributed by atoms with Crippen LogP contribution in [-0.2, 0) is 18.9 Å². The first-order chi connectivity index (χ1) is 20.0. The Hall–Kier alpha value is -3.51. The van der Waals surface area contributed by atoms with Gasteiger partial charge in [-0.05, 0) is 72.3 Å². The number of phenols is 1. The fraction of sp³-hybridized carbons (Fsp3) is 0.323. The van der Waals surface area contributed by atoms with E-state index in [0.29, 0.717) is 63.1 Å². The highest BCUT2D eigenvalue weighted by atomic mass is 32.1. The smallest absolute Gasteiger partial charge is 0.195 e. The average Bonchev–Trinajstić information content (AvgIpc) is 3.57. The van der Waals surface area contributed by atoms with Crippen LogP contribution in [0.25, 0.3) is 20.5 Å². The van der Waals surface area contributed by atoms with Crippen molar-refractivity contribution in [3.63, 3.8) is 0 Å². The number of benzene rings is 3. The number of thiophene rings is 1. The molecule has 1 aliphatic heterocycles. The molecule has 5 rings (SSSR count). The first-order valence-corrected chi connectivity index (χ1v) is 14.1. The Balaban J connectivity index is 1.12. The maximum atomic E-state index is 13.7. The quantitative estimate of drug-likeness (QED) is 0.111. The van der Waals surface area contributed by atoms with Crippen molar-refractivity contribution in [1.29, 1.82) is 0 Å². The van der Waals surface area contributed by atoms with E-state index < -0.39 is 6.29 Å². The zero-order valence-corrected chi connectivity index (χ0v) is 23.4. The maximum absolute atomic E-state index is 13.7. The van der Waals surface area contributed by atoms with Crippen LogP contribution in [0.4, 0.5) is 0 Å². The Morgan fingerprint density at radius 1 is 0.854 bits per heavy atom. The number of epoxide rings is 1. The molecule has 0 radical (unpaired) electrons. The van der Waals surface area contributed by atoms with Gasteiger partial charge in [-0.1, -0.05) is 0 Å². The molecule has 3 aromatic carbocycles. The lowest BCUT2D eigenvalue weighted by Gasteiger charge is -2.09. The summed E-state index contributed by atoms with van der Waals surface area (Å²) in [5.41, 5.74) is 2.04. The van der Waals surface area contributed by atoms with Crippen LogP contribution in [-0.4, -0.2) is 81.7 Å². The molecule has 0 amide bonds. The molecular weight excluding hydrogens is 548 g/mol. The summed E-state index contributed by atoms with van der Waals surface area (Å²) in [6.45, 7) is 2.88. The predicted octanol–water partition coefficient (Wildman–Crippen LogP) is 4.66. The number of aliphatic hydroxyl groups is 1. The molecule has 0 spiro atoms. The van der Waals surface area contributed by atoms with Crippen LogP contribution in [0.1, 0.15) is 15.9 Å². The molecule has 1 saturated heterocycles. The highest BCUT2D eigenvalue weighted by Gasteiger charge is 2.36. The largest absolute Gasteiger partial charge is 0.508 e. The molecular formula is C31H32O9S. The van der Waals surface area contributed by atoms with Gasteiger partial charge in [0.25, 0.3) is 0 Å². The van der Waals surface area contributed by atoms with Crippen LogP contribution in [0.2, 0.25) is 0 Å². The second-order valence-electron chi connectivity index (χ2n) is 9.28. The summed E-state index contributed by atoms with van der Waals surface area (Å²) in [4.78, 5) is 14.6. The van der Waals surface area contributed by atoms with Crippen LogP contribution in [0.5, 0.6) is 17.2 Å². The van der Waals surface area contributed by atoms with Crippen molar-refractivity contribution in [3.8, 4) is 27.7 Å². The number of fused-ring (bicyclic) bond motifs is 1. The third-order valence-corrected chi connectivity index (χ3v) is 7.65. The van der Waals surface area contributed by atoms with E-state index in [1.165, 1.54) is 11.3 Å². The Bertz CT molecular complexity index is 1430. The van der Waals surface area contributed by atoms with Crippen molar-refractivity contribution >= 4 is 27.2 Å². The highest BCUT2D eigenvalue weighted by molar-refractivity contribution is 7.22. The van der Waals surface area contributed by atoms with E-state index in [4.69, 9.17) is 33.5 Å². The molecule has 1 aliphatic rings. The molecule has 2 unspecified atom stereocenters. The number of aromatic hydroxyl groups is 1. The summed E-state index contributed by atoms with van der Waals surface area (Å²) >= 11 is 1.47. The standard InChI is InChI=1S/C31H32O9S/c1-35-23-7-4-21(5-8-23)30-28(25-11-6-22(32)18-27(25)41-30)29(33)20-2-9-24(10-3-20)39-17-16-37-13-12-36-14-15-38-19-26-31(34)40-26/h2-11,18,26,31-32,34H,12-17,19H2,1H3. The summed E-state index contributed by atoms with van der Waals surface area (Å²) in [6, 6.07) is 19.7. The van der Waals surface area contributed by atoms with Crippen LogP contribution in [0, 0.1) is 0 Å². The van der Waals surface area contributed by atoms with Gasteiger partial charge in [0.1, 0.15) is 30.0 Å². The summed E-state index contributed by atoms with van der Waals surface area (Å²) in [7, 11) is 1.61. The Morgan fingerprint density at radius 2 is 1.49 bits per heavy atom. The van der Waals surface area contributed by atoms with E-state index in [9.17, 15) is 9.90 Å². The van der Waals surface area contributed by atoms with Gasteiger partial charge >= 0.3 is 0 Å². The zero-order chi connectivity index (χ0) is 28.6. The van der Waals surface area contributed by atoms with Gasteiger partial charge in [0, 0.05) is 26.1 Å². The normalized spacial score (nSPS) is 16.1. The molecule has 0 aliphatic carbocycles. The van der Waals surface area contributed by atoms with Crippen molar-refractivity contribution in [2.24, 2.45) is 0 Å². The second kappa shape index (κ2) is 13.9. The number of ketones is 1. The van der Waals surface area contributed by atoms with Crippen LogP contribution < -0.4 is 9.47 Å². The van der Waals surface area contributed by atoms with Gasteiger partial charge in [-0.15, -0.1) is 11.3 Å². The monoisotopic (exact) mass is 580 g/mol. The minimum absolute atomic E-state index is 0.105. The number of carbonyl (C=O) groups is 1. The third-order valence-electron chi connectivity index (χ3n) is 6.45. The zero-order valence-electron chi connectivity index (χ0n) is 22.6. The molecule has 1 fully saturated rings. The molecule has 2 heterocycles. The van der Waals surface area contributed by atoms with Crippen LogP contribution in [0.3, 0.4) is 0 Å². The fourth-order valence-corrected chi connectivity index (χ4v) is 5.45. The SMILES string of the molecule is COc1ccc(-c2sc3cc(O)ccc3c2C(=O)c2ccc(OCCOCCOCCOCC3OC3O)cc2)cc1. The van der Waals surface area contributed by atoms with E-state index >= 15 is 0 Å².